The van der Waals surface area contributed by atoms with Crippen LogP contribution in [-0.2, 0) is 6.54 Å². The highest BCUT2D eigenvalue weighted by atomic mass is 79.9. The van der Waals surface area contributed by atoms with Crippen LogP contribution in [0.4, 0.5) is 0 Å². The van der Waals surface area contributed by atoms with Crippen LogP contribution in [0.15, 0.2) is 12.1 Å². The van der Waals surface area contributed by atoms with Gasteiger partial charge in [-0.15, -0.1) is 11.3 Å². The lowest BCUT2D eigenvalue weighted by Gasteiger charge is -2.00. The zero-order chi connectivity index (χ0) is 9.52. The lowest BCUT2D eigenvalue weighted by molar-refractivity contribution is 0.649. The highest BCUT2D eigenvalue weighted by Crippen LogP contribution is 2.20. The number of unbranched alkanes of at least 4 members (excludes halogenated alkanes) is 1. The van der Waals surface area contributed by atoms with E-state index in [4.69, 9.17) is 11.6 Å². The molecule has 0 aliphatic carbocycles. The number of halogens is 2. The molecular formula is C9H13BrClNS. The molecule has 0 aliphatic heterocycles. The SMILES string of the molecule is Clc1ccc(CNCCCCBr)s1. The first-order valence-electron chi connectivity index (χ1n) is 4.34. The molecule has 0 aromatic carbocycles. The smallest absolute Gasteiger partial charge is 0.0931 e. The summed E-state index contributed by atoms with van der Waals surface area (Å²) in [4.78, 5) is 1.31. The predicted molar refractivity (Wildman–Crippen MR) is 64.1 cm³/mol. The van der Waals surface area contributed by atoms with E-state index in [-0.39, 0.29) is 0 Å². The van der Waals surface area contributed by atoms with Crippen molar-refractivity contribution < 1.29 is 0 Å². The highest BCUT2D eigenvalue weighted by molar-refractivity contribution is 9.09. The molecule has 13 heavy (non-hydrogen) atoms. The molecule has 0 fully saturated rings. The first-order valence-corrected chi connectivity index (χ1v) is 6.65. The van der Waals surface area contributed by atoms with Gasteiger partial charge in [0.2, 0.25) is 0 Å². The van der Waals surface area contributed by atoms with Gasteiger partial charge >= 0.3 is 0 Å². The van der Waals surface area contributed by atoms with Crippen molar-refractivity contribution in [2.24, 2.45) is 0 Å². The molecule has 0 unspecified atom stereocenters. The van der Waals surface area contributed by atoms with Gasteiger partial charge in [0.15, 0.2) is 0 Å². The van der Waals surface area contributed by atoms with Gasteiger partial charge < -0.3 is 5.32 Å². The van der Waals surface area contributed by atoms with Gasteiger partial charge in [0.25, 0.3) is 0 Å². The zero-order valence-corrected chi connectivity index (χ0v) is 10.5. The van der Waals surface area contributed by atoms with Crippen molar-refractivity contribution in [2.45, 2.75) is 19.4 Å². The van der Waals surface area contributed by atoms with Gasteiger partial charge in [0.1, 0.15) is 0 Å². The van der Waals surface area contributed by atoms with Crippen LogP contribution in [0.2, 0.25) is 4.34 Å². The average Bonchev–Trinajstić information content (AvgIpc) is 2.51. The molecule has 1 aromatic heterocycles. The number of hydrogen-bond donors (Lipinski definition) is 1. The first-order chi connectivity index (χ1) is 6.33. The Balaban J connectivity index is 2.06. The molecule has 0 atom stereocenters. The van der Waals surface area contributed by atoms with Crippen molar-refractivity contribution in [3.63, 3.8) is 0 Å². The standard InChI is InChI=1S/C9H13BrClNS/c10-5-1-2-6-12-7-8-3-4-9(11)13-8/h3-4,12H,1-2,5-7H2. The maximum Gasteiger partial charge on any atom is 0.0931 e. The largest absolute Gasteiger partial charge is 0.312 e. The fourth-order valence-electron chi connectivity index (χ4n) is 1.00. The monoisotopic (exact) mass is 281 g/mol. The van der Waals surface area contributed by atoms with Crippen molar-refractivity contribution in [1.82, 2.24) is 5.32 Å². The van der Waals surface area contributed by atoms with Crippen LogP contribution in [0.5, 0.6) is 0 Å². The zero-order valence-electron chi connectivity index (χ0n) is 7.35. The number of thiophene rings is 1. The Morgan fingerprint density at radius 1 is 1.38 bits per heavy atom. The molecule has 0 spiro atoms. The summed E-state index contributed by atoms with van der Waals surface area (Å²) in [5.74, 6) is 0. The van der Waals surface area contributed by atoms with Gasteiger partial charge in [-0.25, -0.2) is 0 Å². The Hall–Kier alpha value is 0.430. The first kappa shape index (κ1) is 11.5. The number of rotatable bonds is 6. The van der Waals surface area contributed by atoms with Gasteiger partial charge in [-0.1, -0.05) is 27.5 Å². The maximum absolute atomic E-state index is 5.81. The van der Waals surface area contributed by atoms with Crippen LogP contribution in [0, 0.1) is 0 Å². The van der Waals surface area contributed by atoms with E-state index < -0.39 is 0 Å². The molecular weight excluding hydrogens is 270 g/mol. The molecule has 0 bridgehead atoms. The van der Waals surface area contributed by atoms with Gasteiger partial charge in [-0.05, 0) is 31.5 Å². The lowest BCUT2D eigenvalue weighted by Crippen LogP contribution is -2.13. The third-order valence-corrected chi connectivity index (χ3v) is 3.46. The van der Waals surface area contributed by atoms with Gasteiger partial charge in [-0.3, -0.25) is 0 Å². The minimum Gasteiger partial charge on any atom is -0.312 e. The molecule has 0 amide bonds. The second-order valence-corrected chi connectivity index (χ2v) is 5.37. The molecule has 4 heteroatoms. The summed E-state index contributed by atoms with van der Waals surface area (Å²) >= 11 is 10.9. The summed E-state index contributed by atoms with van der Waals surface area (Å²) in [5, 5.41) is 4.48. The van der Waals surface area contributed by atoms with Crippen LogP contribution in [0.25, 0.3) is 0 Å². The fourth-order valence-corrected chi connectivity index (χ4v) is 2.46. The van der Waals surface area contributed by atoms with E-state index in [1.54, 1.807) is 11.3 Å². The van der Waals surface area contributed by atoms with E-state index in [9.17, 15) is 0 Å². The molecule has 74 valence electrons. The Morgan fingerprint density at radius 2 is 2.23 bits per heavy atom. The van der Waals surface area contributed by atoms with Crippen molar-refractivity contribution in [3.8, 4) is 0 Å². The van der Waals surface area contributed by atoms with E-state index in [1.807, 2.05) is 6.07 Å². The van der Waals surface area contributed by atoms with Gasteiger partial charge in [0.05, 0.1) is 4.34 Å². The van der Waals surface area contributed by atoms with Gasteiger partial charge in [-0.2, -0.15) is 0 Å². The van der Waals surface area contributed by atoms with E-state index in [0.29, 0.717) is 0 Å². The molecule has 0 saturated heterocycles. The number of nitrogens with one attached hydrogen (secondary N) is 1. The number of alkyl halides is 1. The predicted octanol–water partition coefficient (Wildman–Crippen LogP) is 3.67. The minimum atomic E-state index is 0.872. The van der Waals surface area contributed by atoms with Crippen LogP contribution >= 0.6 is 38.9 Å². The summed E-state index contributed by atoms with van der Waals surface area (Å²) in [6, 6.07) is 4.02. The van der Waals surface area contributed by atoms with Crippen LogP contribution in [-0.4, -0.2) is 11.9 Å². The Labute approximate surface area is 96.6 Å². The summed E-state index contributed by atoms with van der Waals surface area (Å²) in [7, 11) is 0. The van der Waals surface area contributed by atoms with Crippen molar-refractivity contribution >= 4 is 38.9 Å². The van der Waals surface area contributed by atoms with E-state index in [2.05, 4.69) is 27.3 Å². The molecule has 0 radical (unpaired) electrons. The summed E-state index contributed by atoms with van der Waals surface area (Å²) in [5.41, 5.74) is 0. The Kier molecular flexibility index (Phi) is 6.04. The normalized spacial score (nSPS) is 10.6. The van der Waals surface area contributed by atoms with Crippen LogP contribution in [0.3, 0.4) is 0 Å². The average molecular weight is 283 g/mol. The topological polar surface area (TPSA) is 12.0 Å². The van der Waals surface area contributed by atoms with E-state index >= 15 is 0 Å². The quantitative estimate of drug-likeness (QED) is 0.620. The molecule has 1 aromatic rings. The minimum absolute atomic E-state index is 0.872. The van der Waals surface area contributed by atoms with Crippen molar-refractivity contribution in [3.05, 3.63) is 21.3 Å². The third-order valence-electron chi connectivity index (χ3n) is 1.67. The van der Waals surface area contributed by atoms with Crippen molar-refractivity contribution in [1.29, 1.82) is 0 Å². The Morgan fingerprint density at radius 3 is 2.85 bits per heavy atom. The second kappa shape index (κ2) is 6.82. The fraction of sp³-hybridized carbons (Fsp3) is 0.556. The maximum atomic E-state index is 5.81. The van der Waals surface area contributed by atoms with Gasteiger partial charge in [0, 0.05) is 16.8 Å². The lowest BCUT2D eigenvalue weighted by atomic mass is 10.3. The Bertz CT molecular complexity index is 239. The van der Waals surface area contributed by atoms with E-state index in [1.165, 1.54) is 17.7 Å². The molecule has 1 heterocycles. The number of hydrogen-bond acceptors (Lipinski definition) is 2. The van der Waals surface area contributed by atoms with Crippen LogP contribution in [0.1, 0.15) is 17.7 Å². The second-order valence-electron chi connectivity index (χ2n) is 2.78. The molecule has 1 N–H and O–H groups in total. The van der Waals surface area contributed by atoms with Crippen molar-refractivity contribution in [2.75, 3.05) is 11.9 Å². The summed E-state index contributed by atoms with van der Waals surface area (Å²) in [6.45, 7) is 2.03. The molecule has 1 rings (SSSR count). The third kappa shape index (κ3) is 5.01. The highest BCUT2D eigenvalue weighted by Gasteiger charge is 1.96. The molecule has 0 aliphatic rings. The molecule has 1 nitrogen and oxygen atoms in total. The molecule has 0 saturated carbocycles. The van der Waals surface area contributed by atoms with E-state index in [0.717, 1.165) is 22.8 Å². The van der Waals surface area contributed by atoms with Crippen LogP contribution < -0.4 is 5.32 Å². The summed E-state index contributed by atoms with van der Waals surface area (Å²) in [6.07, 6.45) is 2.46. The summed E-state index contributed by atoms with van der Waals surface area (Å²) < 4.78 is 0.872.